The van der Waals surface area contributed by atoms with Crippen molar-refractivity contribution in [2.45, 2.75) is 50.4 Å². The van der Waals surface area contributed by atoms with Crippen LogP contribution in [0.2, 0.25) is 0 Å². The van der Waals surface area contributed by atoms with Crippen molar-refractivity contribution < 1.29 is 9.90 Å². The second-order valence-corrected chi connectivity index (χ2v) is 7.31. The monoisotopic (exact) mass is 271 g/mol. The molecule has 3 nitrogen and oxygen atoms in total. The fourth-order valence-electron chi connectivity index (χ4n) is 5.46. The maximum absolute atomic E-state index is 10.7. The number of rotatable bonds is 3. The lowest BCUT2D eigenvalue weighted by molar-refractivity contribution is -0.136. The normalized spacial score (nSPS) is 38.1. The molecule has 4 fully saturated rings. The summed E-state index contributed by atoms with van der Waals surface area (Å²) >= 11 is 0. The van der Waals surface area contributed by atoms with Gasteiger partial charge in [0.25, 0.3) is 0 Å². The smallest absolute Gasteiger partial charge is 0.309 e. The number of aromatic nitrogens is 1. The Bertz CT molecular complexity index is 499. The van der Waals surface area contributed by atoms with Gasteiger partial charge in [-0.05, 0) is 73.3 Å². The largest absolute Gasteiger partial charge is 0.481 e. The lowest BCUT2D eigenvalue weighted by Crippen LogP contribution is -2.48. The molecule has 0 saturated heterocycles. The molecule has 0 atom stereocenters. The summed E-state index contributed by atoms with van der Waals surface area (Å²) in [6.07, 6.45) is 10.3. The third-order valence-electron chi connectivity index (χ3n) is 5.81. The molecule has 4 saturated carbocycles. The van der Waals surface area contributed by atoms with E-state index in [-0.39, 0.29) is 6.42 Å². The molecule has 1 N–H and O–H groups in total. The first kappa shape index (κ1) is 12.4. The number of hydrogen-bond donors (Lipinski definition) is 1. The molecule has 1 heterocycles. The van der Waals surface area contributed by atoms with Crippen molar-refractivity contribution >= 4 is 5.97 Å². The topological polar surface area (TPSA) is 50.2 Å². The van der Waals surface area contributed by atoms with Crippen LogP contribution in [0, 0.1) is 17.8 Å². The van der Waals surface area contributed by atoms with Crippen molar-refractivity contribution in [1.82, 2.24) is 4.98 Å². The number of carbonyl (C=O) groups is 1. The molecule has 0 amide bonds. The minimum absolute atomic E-state index is 0.0289. The summed E-state index contributed by atoms with van der Waals surface area (Å²) < 4.78 is 0. The van der Waals surface area contributed by atoms with E-state index >= 15 is 0 Å². The van der Waals surface area contributed by atoms with Gasteiger partial charge in [0.2, 0.25) is 0 Å². The van der Waals surface area contributed by atoms with E-state index in [0.717, 1.165) is 17.8 Å². The second-order valence-electron chi connectivity index (χ2n) is 7.31. The maximum atomic E-state index is 10.7. The minimum Gasteiger partial charge on any atom is -0.481 e. The predicted octanol–water partition coefficient (Wildman–Crippen LogP) is 3.18. The van der Waals surface area contributed by atoms with Gasteiger partial charge < -0.3 is 5.11 Å². The highest BCUT2D eigenvalue weighted by atomic mass is 16.4. The average molecular weight is 271 g/mol. The lowest BCUT2D eigenvalue weighted by atomic mass is 9.48. The fraction of sp³-hybridized carbons (Fsp3) is 0.647. The number of nitrogens with zero attached hydrogens (tertiary/aromatic N) is 1. The van der Waals surface area contributed by atoms with Crippen molar-refractivity contribution in [3.8, 4) is 0 Å². The Morgan fingerprint density at radius 3 is 2.20 bits per heavy atom. The van der Waals surface area contributed by atoms with Crippen LogP contribution in [-0.4, -0.2) is 16.1 Å². The van der Waals surface area contributed by atoms with Gasteiger partial charge in [0.1, 0.15) is 0 Å². The van der Waals surface area contributed by atoms with E-state index in [1.165, 1.54) is 44.1 Å². The third-order valence-corrected chi connectivity index (χ3v) is 5.81. The summed E-state index contributed by atoms with van der Waals surface area (Å²) in [6.45, 7) is 0. The Morgan fingerprint density at radius 2 is 1.75 bits per heavy atom. The molecule has 4 aliphatic carbocycles. The zero-order chi connectivity index (χ0) is 13.7. The lowest BCUT2D eigenvalue weighted by Gasteiger charge is -2.57. The van der Waals surface area contributed by atoms with Crippen LogP contribution in [0.4, 0.5) is 0 Å². The number of hydrogen-bond acceptors (Lipinski definition) is 2. The summed E-state index contributed by atoms with van der Waals surface area (Å²) in [5, 5.41) is 8.83. The van der Waals surface area contributed by atoms with Gasteiger partial charge >= 0.3 is 5.97 Å². The summed E-state index contributed by atoms with van der Waals surface area (Å²) in [6, 6.07) is 4.07. The van der Waals surface area contributed by atoms with E-state index in [1.54, 1.807) is 0 Å². The zero-order valence-electron chi connectivity index (χ0n) is 11.7. The summed E-state index contributed by atoms with van der Waals surface area (Å²) in [5.41, 5.74) is 2.40. The number of pyridine rings is 1. The van der Waals surface area contributed by atoms with Crippen molar-refractivity contribution in [2.75, 3.05) is 0 Å². The van der Waals surface area contributed by atoms with Crippen molar-refractivity contribution in [2.24, 2.45) is 17.8 Å². The highest BCUT2D eigenvalue weighted by Gasteiger charge is 2.51. The average Bonchev–Trinajstić information content (AvgIpc) is 2.37. The highest BCUT2D eigenvalue weighted by Crippen LogP contribution is 2.60. The zero-order valence-corrected chi connectivity index (χ0v) is 11.7. The van der Waals surface area contributed by atoms with E-state index in [1.807, 2.05) is 12.3 Å². The van der Waals surface area contributed by atoms with E-state index in [4.69, 9.17) is 5.11 Å². The Morgan fingerprint density at radius 1 is 1.15 bits per heavy atom. The van der Waals surface area contributed by atoms with Crippen molar-refractivity contribution in [3.63, 3.8) is 0 Å². The molecular formula is C17H21NO2. The van der Waals surface area contributed by atoms with Gasteiger partial charge in [0.15, 0.2) is 0 Å². The molecule has 0 radical (unpaired) electrons. The van der Waals surface area contributed by atoms with Crippen LogP contribution in [0.5, 0.6) is 0 Å². The van der Waals surface area contributed by atoms with Gasteiger partial charge in [-0.15, -0.1) is 0 Å². The summed E-state index contributed by atoms with van der Waals surface area (Å²) in [4.78, 5) is 15.1. The molecule has 5 rings (SSSR count). The van der Waals surface area contributed by atoms with Crippen molar-refractivity contribution in [3.05, 3.63) is 29.6 Å². The molecule has 0 aromatic carbocycles. The predicted molar refractivity (Wildman–Crippen MR) is 75.4 cm³/mol. The first-order chi connectivity index (χ1) is 9.63. The molecule has 0 spiro atoms. The van der Waals surface area contributed by atoms with Gasteiger partial charge in [0, 0.05) is 6.20 Å². The SMILES string of the molecule is O=C(O)Cc1ccc(C23CC4CC(CC(C4)C2)C3)cn1. The molecule has 1 aromatic heterocycles. The van der Waals surface area contributed by atoms with Crippen LogP contribution in [0.1, 0.15) is 49.8 Å². The van der Waals surface area contributed by atoms with E-state index in [0.29, 0.717) is 11.1 Å². The van der Waals surface area contributed by atoms with Crippen LogP contribution < -0.4 is 0 Å². The molecule has 4 bridgehead atoms. The Hall–Kier alpha value is -1.38. The molecule has 1 aromatic rings. The second kappa shape index (κ2) is 4.31. The first-order valence-electron chi connectivity index (χ1n) is 7.80. The number of carboxylic acids is 1. The number of carboxylic acid groups (broad SMARTS) is 1. The molecule has 0 aliphatic heterocycles. The van der Waals surface area contributed by atoms with E-state index in [9.17, 15) is 4.79 Å². The van der Waals surface area contributed by atoms with Gasteiger partial charge in [0.05, 0.1) is 12.1 Å². The Labute approximate surface area is 119 Å². The maximum Gasteiger partial charge on any atom is 0.309 e. The van der Waals surface area contributed by atoms with E-state index in [2.05, 4.69) is 11.1 Å². The molecule has 3 heteroatoms. The van der Waals surface area contributed by atoms with Gasteiger partial charge in [-0.3, -0.25) is 9.78 Å². The highest BCUT2D eigenvalue weighted by molar-refractivity contribution is 5.69. The van der Waals surface area contributed by atoms with Gasteiger partial charge in [-0.25, -0.2) is 0 Å². The van der Waals surface area contributed by atoms with Crippen molar-refractivity contribution in [1.29, 1.82) is 0 Å². The summed E-state index contributed by atoms with van der Waals surface area (Å²) in [5.74, 6) is 1.99. The quantitative estimate of drug-likeness (QED) is 0.918. The third kappa shape index (κ3) is 1.95. The van der Waals surface area contributed by atoms with Crippen LogP contribution in [0.3, 0.4) is 0 Å². The van der Waals surface area contributed by atoms with Gasteiger partial charge in [-0.1, -0.05) is 6.07 Å². The van der Waals surface area contributed by atoms with Gasteiger partial charge in [-0.2, -0.15) is 0 Å². The molecule has 106 valence electrons. The first-order valence-corrected chi connectivity index (χ1v) is 7.80. The molecule has 20 heavy (non-hydrogen) atoms. The van der Waals surface area contributed by atoms with E-state index < -0.39 is 5.97 Å². The van der Waals surface area contributed by atoms with Crippen LogP contribution >= 0.6 is 0 Å². The van der Waals surface area contributed by atoms with Crippen LogP contribution in [0.25, 0.3) is 0 Å². The van der Waals surface area contributed by atoms with Crippen LogP contribution in [0.15, 0.2) is 18.3 Å². The molecule has 4 aliphatic rings. The fourth-order valence-corrected chi connectivity index (χ4v) is 5.46. The summed E-state index contributed by atoms with van der Waals surface area (Å²) in [7, 11) is 0. The van der Waals surface area contributed by atoms with Crippen LogP contribution in [-0.2, 0) is 16.6 Å². The number of aliphatic carboxylic acids is 1. The Balaban J connectivity index is 1.62. The Kier molecular flexibility index (Phi) is 2.66. The molecule has 0 unspecified atom stereocenters. The minimum atomic E-state index is -0.806. The standard InChI is InChI=1S/C17H21NO2/c19-16(20)6-15-2-1-14(10-18-15)17-7-11-3-12(8-17)5-13(4-11)9-17/h1-2,10-13H,3-9H2,(H,19,20). The molecular weight excluding hydrogens is 250 g/mol.